The molecule has 0 aliphatic rings. The molecule has 0 spiro atoms. The van der Waals surface area contributed by atoms with E-state index in [0.717, 1.165) is 25.1 Å². The monoisotopic (exact) mass is 221 g/mol. The van der Waals surface area contributed by atoms with Gasteiger partial charge in [-0.1, -0.05) is 13.8 Å². The van der Waals surface area contributed by atoms with Crippen molar-refractivity contribution in [1.29, 1.82) is 0 Å². The Kier molecular flexibility index (Phi) is 4.99. The second-order valence-electron chi connectivity index (χ2n) is 3.63. The molecule has 0 heterocycles. The van der Waals surface area contributed by atoms with Crippen LogP contribution >= 0.6 is 0 Å². The molecule has 1 unspecified atom stereocenters. The van der Waals surface area contributed by atoms with E-state index in [4.69, 9.17) is 4.74 Å². The summed E-state index contributed by atoms with van der Waals surface area (Å²) in [7, 11) is 0. The molecule has 0 saturated carbocycles. The summed E-state index contributed by atoms with van der Waals surface area (Å²) in [5.41, 5.74) is 0.669. The molecular formula is C13H19NO2. The molecular weight excluding hydrogens is 202 g/mol. The van der Waals surface area contributed by atoms with E-state index < -0.39 is 0 Å². The number of hydrogen-bond donors (Lipinski definition) is 0. The number of aldehydes is 1. The van der Waals surface area contributed by atoms with Crippen LogP contribution in [-0.2, 0) is 0 Å². The number of carbonyl (C=O) groups is 1. The van der Waals surface area contributed by atoms with Crippen LogP contribution in [0.15, 0.2) is 24.3 Å². The van der Waals surface area contributed by atoms with Crippen LogP contribution in [0.1, 0.15) is 31.1 Å². The summed E-state index contributed by atoms with van der Waals surface area (Å²) in [4.78, 5) is 12.7. The topological polar surface area (TPSA) is 29.5 Å². The minimum absolute atomic E-state index is 0.0529. The molecule has 0 aliphatic carbocycles. The van der Waals surface area contributed by atoms with Crippen LogP contribution in [0, 0.1) is 0 Å². The summed E-state index contributed by atoms with van der Waals surface area (Å²) >= 11 is 0. The molecule has 3 nitrogen and oxygen atoms in total. The van der Waals surface area contributed by atoms with E-state index in [2.05, 4.69) is 18.7 Å². The lowest BCUT2D eigenvalue weighted by atomic mass is 10.2. The largest absolute Gasteiger partial charge is 0.475 e. The number of benzene rings is 1. The summed E-state index contributed by atoms with van der Waals surface area (Å²) in [5, 5.41) is 0. The normalized spacial score (nSPS) is 12.5. The van der Waals surface area contributed by atoms with Crippen LogP contribution in [0.3, 0.4) is 0 Å². The number of carbonyl (C=O) groups excluding carboxylic acids is 1. The van der Waals surface area contributed by atoms with Gasteiger partial charge < -0.3 is 4.74 Å². The lowest BCUT2D eigenvalue weighted by Crippen LogP contribution is -2.36. The summed E-state index contributed by atoms with van der Waals surface area (Å²) < 4.78 is 5.77. The van der Waals surface area contributed by atoms with Crippen molar-refractivity contribution in [3.8, 4) is 5.75 Å². The smallest absolute Gasteiger partial charge is 0.150 e. The van der Waals surface area contributed by atoms with Crippen molar-refractivity contribution in [3.63, 3.8) is 0 Å². The van der Waals surface area contributed by atoms with E-state index in [1.165, 1.54) is 0 Å². The summed E-state index contributed by atoms with van der Waals surface area (Å²) in [6, 6.07) is 7.17. The van der Waals surface area contributed by atoms with E-state index >= 15 is 0 Å². The Morgan fingerprint density at radius 3 is 2.25 bits per heavy atom. The Morgan fingerprint density at radius 2 is 1.81 bits per heavy atom. The number of nitrogens with zero attached hydrogens (tertiary/aromatic N) is 1. The molecule has 3 heteroatoms. The number of rotatable bonds is 6. The predicted molar refractivity (Wildman–Crippen MR) is 64.8 cm³/mol. The molecule has 1 rings (SSSR count). The third kappa shape index (κ3) is 3.35. The Balaban J connectivity index is 2.61. The molecule has 1 aromatic carbocycles. The summed E-state index contributed by atoms with van der Waals surface area (Å²) in [6.07, 6.45) is 0.884. The summed E-state index contributed by atoms with van der Waals surface area (Å²) in [5.74, 6) is 0.796. The molecule has 88 valence electrons. The fourth-order valence-corrected chi connectivity index (χ4v) is 1.63. The second-order valence-corrected chi connectivity index (χ2v) is 3.63. The van der Waals surface area contributed by atoms with Crippen LogP contribution in [0.2, 0.25) is 0 Å². The number of ether oxygens (including phenoxy) is 1. The highest BCUT2D eigenvalue weighted by atomic mass is 16.5. The third-order valence-corrected chi connectivity index (χ3v) is 2.65. The lowest BCUT2D eigenvalue weighted by Gasteiger charge is -2.26. The van der Waals surface area contributed by atoms with Crippen LogP contribution in [0.25, 0.3) is 0 Å². The van der Waals surface area contributed by atoms with Gasteiger partial charge in [0.2, 0.25) is 0 Å². The molecule has 0 radical (unpaired) electrons. The van der Waals surface area contributed by atoms with E-state index in [1.807, 2.05) is 19.1 Å². The lowest BCUT2D eigenvalue weighted by molar-refractivity contribution is 0.0481. The van der Waals surface area contributed by atoms with Gasteiger partial charge in [-0.15, -0.1) is 0 Å². The van der Waals surface area contributed by atoms with Gasteiger partial charge in [-0.05, 0) is 44.3 Å². The molecule has 1 aromatic rings. The van der Waals surface area contributed by atoms with E-state index in [-0.39, 0.29) is 6.23 Å². The zero-order valence-electron chi connectivity index (χ0n) is 10.1. The van der Waals surface area contributed by atoms with Crippen molar-refractivity contribution in [3.05, 3.63) is 29.8 Å². The first-order chi connectivity index (χ1) is 7.71. The van der Waals surface area contributed by atoms with E-state index in [0.29, 0.717) is 5.56 Å². The maximum Gasteiger partial charge on any atom is 0.150 e. The van der Waals surface area contributed by atoms with Crippen LogP contribution in [0.4, 0.5) is 0 Å². The molecule has 0 saturated heterocycles. The van der Waals surface area contributed by atoms with Crippen molar-refractivity contribution in [2.24, 2.45) is 0 Å². The average molecular weight is 221 g/mol. The van der Waals surface area contributed by atoms with Crippen molar-refractivity contribution < 1.29 is 9.53 Å². The molecule has 0 fully saturated rings. The van der Waals surface area contributed by atoms with Gasteiger partial charge in [0.05, 0.1) is 0 Å². The highest BCUT2D eigenvalue weighted by Gasteiger charge is 2.10. The maximum absolute atomic E-state index is 10.5. The van der Waals surface area contributed by atoms with Crippen molar-refractivity contribution >= 4 is 6.29 Å². The Morgan fingerprint density at radius 1 is 1.25 bits per heavy atom. The molecule has 0 bridgehead atoms. The zero-order valence-corrected chi connectivity index (χ0v) is 10.1. The molecule has 0 amide bonds. The molecule has 1 atom stereocenters. The van der Waals surface area contributed by atoms with E-state index in [9.17, 15) is 4.79 Å². The van der Waals surface area contributed by atoms with Gasteiger partial charge in [0.15, 0.2) is 0 Å². The van der Waals surface area contributed by atoms with Gasteiger partial charge >= 0.3 is 0 Å². The first-order valence-electron chi connectivity index (χ1n) is 5.67. The standard InChI is InChI=1S/C13H19NO2/c1-4-14(5-2)11(3)16-13-8-6-12(10-15)7-9-13/h6-11H,4-5H2,1-3H3. The number of hydrogen-bond acceptors (Lipinski definition) is 3. The second kappa shape index (κ2) is 6.28. The fraction of sp³-hybridized carbons (Fsp3) is 0.462. The third-order valence-electron chi connectivity index (χ3n) is 2.65. The molecule has 16 heavy (non-hydrogen) atoms. The van der Waals surface area contributed by atoms with Crippen molar-refractivity contribution in [2.45, 2.75) is 27.0 Å². The summed E-state index contributed by atoms with van der Waals surface area (Å²) in [6.45, 7) is 8.17. The van der Waals surface area contributed by atoms with Crippen LogP contribution in [0.5, 0.6) is 5.75 Å². The minimum atomic E-state index is 0.0529. The Labute approximate surface area is 97.0 Å². The fourth-order valence-electron chi connectivity index (χ4n) is 1.63. The SMILES string of the molecule is CCN(CC)C(C)Oc1ccc(C=O)cc1. The van der Waals surface area contributed by atoms with Crippen molar-refractivity contribution in [1.82, 2.24) is 4.90 Å². The minimum Gasteiger partial charge on any atom is -0.475 e. The first kappa shape index (κ1) is 12.7. The zero-order chi connectivity index (χ0) is 12.0. The van der Waals surface area contributed by atoms with E-state index in [1.54, 1.807) is 12.1 Å². The van der Waals surface area contributed by atoms with Crippen molar-refractivity contribution in [2.75, 3.05) is 13.1 Å². The van der Waals surface area contributed by atoms with Crippen LogP contribution in [-0.4, -0.2) is 30.5 Å². The average Bonchev–Trinajstić information content (AvgIpc) is 2.31. The predicted octanol–water partition coefficient (Wildman–Crippen LogP) is 2.57. The Hall–Kier alpha value is -1.35. The van der Waals surface area contributed by atoms with Gasteiger partial charge in [0.25, 0.3) is 0 Å². The maximum atomic E-state index is 10.5. The molecule has 0 aromatic heterocycles. The molecule has 0 N–H and O–H groups in total. The quantitative estimate of drug-likeness (QED) is 0.546. The van der Waals surface area contributed by atoms with Crippen LogP contribution < -0.4 is 4.74 Å². The first-order valence-corrected chi connectivity index (χ1v) is 5.67. The Bertz CT molecular complexity index is 317. The van der Waals surface area contributed by atoms with Gasteiger partial charge in [-0.25, -0.2) is 0 Å². The molecule has 0 aliphatic heterocycles. The highest BCUT2D eigenvalue weighted by molar-refractivity contribution is 5.74. The van der Waals surface area contributed by atoms with Gasteiger partial charge in [-0.3, -0.25) is 9.69 Å². The van der Waals surface area contributed by atoms with Gasteiger partial charge in [0.1, 0.15) is 18.3 Å². The highest BCUT2D eigenvalue weighted by Crippen LogP contribution is 2.14. The van der Waals surface area contributed by atoms with Gasteiger partial charge in [0, 0.05) is 5.56 Å². The van der Waals surface area contributed by atoms with Gasteiger partial charge in [-0.2, -0.15) is 0 Å².